The van der Waals surface area contributed by atoms with Gasteiger partial charge < -0.3 is 25.0 Å². The lowest BCUT2D eigenvalue weighted by atomic mass is 10.1. The first kappa shape index (κ1) is 31.1. The molecular weight excluding hydrogens is 600 g/mol. The van der Waals surface area contributed by atoms with Crippen molar-refractivity contribution in [3.05, 3.63) is 71.3 Å². The zero-order chi connectivity index (χ0) is 31.5. The molecule has 44 heavy (non-hydrogen) atoms. The van der Waals surface area contributed by atoms with Crippen LogP contribution in [0, 0.1) is 6.92 Å². The Morgan fingerprint density at radius 2 is 1.95 bits per heavy atom. The van der Waals surface area contributed by atoms with E-state index in [0.717, 1.165) is 0 Å². The van der Waals surface area contributed by atoms with Gasteiger partial charge in [0.2, 0.25) is 5.95 Å². The Bertz CT molecular complexity index is 1730. The predicted octanol–water partition coefficient (Wildman–Crippen LogP) is 6.06. The zero-order valence-corrected chi connectivity index (χ0v) is 25.0. The number of anilines is 4. The number of alkyl halides is 3. The molecule has 7 heterocycles. The van der Waals surface area contributed by atoms with Crippen molar-refractivity contribution in [2.24, 2.45) is 0 Å². The maximum Gasteiger partial charge on any atom is 0.421 e. The molecule has 1 atom stereocenters. The molecule has 0 saturated carbocycles. The molecule has 8 rings (SSSR count). The van der Waals surface area contributed by atoms with Crippen LogP contribution in [0.5, 0.6) is 0 Å². The van der Waals surface area contributed by atoms with Crippen molar-refractivity contribution < 1.29 is 31.6 Å². The minimum atomic E-state index is -4.80. The molecule has 232 valence electrons. The van der Waals surface area contributed by atoms with Gasteiger partial charge in [-0.25, -0.2) is 9.97 Å². The highest BCUT2D eigenvalue weighted by atomic mass is 31.2. The molecule has 4 aliphatic heterocycles. The molecule has 0 radical (unpaired) electrons. The van der Waals surface area contributed by atoms with Crippen molar-refractivity contribution >= 4 is 36.6 Å². The summed E-state index contributed by atoms with van der Waals surface area (Å²) in [7, 11) is -2.09. The molecule has 0 saturated heterocycles. The van der Waals surface area contributed by atoms with Crippen molar-refractivity contribution in [1.29, 1.82) is 0 Å². The van der Waals surface area contributed by atoms with Crippen molar-refractivity contribution in [3.63, 3.8) is 0 Å². The third-order valence-electron chi connectivity index (χ3n) is 6.67. The van der Waals surface area contributed by atoms with Crippen LogP contribution in [0.3, 0.4) is 0 Å². The number of carbonyl (C=O) groups is 1. The van der Waals surface area contributed by atoms with E-state index < -0.39 is 31.1 Å². The number of nitrogens with one attached hydrogen (secondary N) is 3. The van der Waals surface area contributed by atoms with E-state index in [9.17, 15) is 22.5 Å². The number of halogens is 3. The van der Waals surface area contributed by atoms with Gasteiger partial charge in [-0.1, -0.05) is 12.1 Å². The minimum Gasteiger partial charge on any atom is -0.354 e. The number of amides is 1. The lowest BCUT2D eigenvalue weighted by Crippen LogP contribution is -2.21. The second-order valence-corrected chi connectivity index (χ2v) is 11.9. The van der Waals surface area contributed by atoms with Crippen LogP contribution < -0.4 is 16.0 Å². The molecule has 0 fully saturated rings. The van der Waals surface area contributed by atoms with Crippen LogP contribution >= 0.6 is 7.60 Å². The van der Waals surface area contributed by atoms with Gasteiger partial charge in [0.25, 0.3) is 5.91 Å². The van der Waals surface area contributed by atoms with Gasteiger partial charge in [0, 0.05) is 37.2 Å². The fourth-order valence-electron chi connectivity index (χ4n) is 4.57. The highest BCUT2D eigenvalue weighted by molar-refractivity contribution is 7.53. The molecule has 1 aromatic carbocycles. The lowest BCUT2D eigenvalue weighted by Gasteiger charge is -2.19. The van der Waals surface area contributed by atoms with E-state index in [0.29, 0.717) is 47.2 Å². The van der Waals surface area contributed by atoms with Gasteiger partial charge in [-0.3, -0.25) is 14.0 Å². The first-order valence-corrected chi connectivity index (χ1v) is 15.4. The second kappa shape index (κ2) is 12.7. The fraction of sp³-hybridized carbons (Fsp3) is 0.321. The van der Waals surface area contributed by atoms with Gasteiger partial charge in [-0.2, -0.15) is 23.3 Å². The monoisotopic (exact) mass is 630 g/mol. The topological polar surface area (TPSA) is 145 Å². The molecule has 3 aromatic heterocycles. The summed E-state index contributed by atoms with van der Waals surface area (Å²) in [6.07, 6.45) is -0.348. The number of hydrogen-bond donors (Lipinski definition) is 3. The number of nitrogens with zero attached hydrogens (tertiary/aromatic N) is 5. The summed E-state index contributed by atoms with van der Waals surface area (Å²) in [6.45, 7) is 4.31. The Morgan fingerprint density at radius 1 is 1.16 bits per heavy atom. The van der Waals surface area contributed by atoms with E-state index in [4.69, 9.17) is 9.05 Å². The molecular formula is C28H30F3N8O4P. The Morgan fingerprint density at radius 3 is 2.68 bits per heavy atom. The summed E-state index contributed by atoms with van der Waals surface area (Å²) in [5.41, 5.74) is 1.58. The van der Waals surface area contributed by atoms with E-state index in [2.05, 4.69) is 36.0 Å². The molecule has 8 bridgehead atoms. The number of hydrogen-bond acceptors (Lipinski definition) is 10. The Hall–Kier alpha value is -4.33. The highest BCUT2D eigenvalue weighted by Gasteiger charge is 2.36. The molecule has 4 aromatic rings. The summed E-state index contributed by atoms with van der Waals surface area (Å²) >= 11 is 0. The molecule has 4 aliphatic rings. The third-order valence-corrected chi connectivity index (χ3v) is 8.65. The molecule has 1 amide bonds. The molecule has 3 N–H and O–H groups in total. The summed E-state index contributed by atoms with van der Waals surface area (Å²) in [4.78, 5) is 25.2. The summed E-state index contributed by atoms with van der Waals surface area (Å²) < 4.78 is 68.5. The van der Waals surface area contributed by atoms with Crippen LogP contribution in [0.2, 0.25) is 0 Å². The Labute approximate surface area is 251 Å². The SMILES string of the molecule is CCOP1(=O)Cc2ccc(c(C)c2)Nc2ncc(C(F)(F)F)c(n2)Nc2ccc(nc2C(=O)NC)-c2cnn(c2)CCCO1. The maximum absolute atomic E-state index is 14.0. The average Bonchev–Trinajstić information content (AvgIpc) is 3.45. The Kier molecular flexibility index (Phi) is 9.00. The number of benzene rings is 1. The van der Waals surface area contributed by atoms with E-state index in [1.807, 2.05) is 0 Å². The van der Waals surface area contributed by atoms with Crippen LogP contribution in [0.4, 0.5) is 36.3 Å². The smallest absolute Gasteiger partial charge is 0.354 e. The van der Waals surface area contributed by atoms with Crippen LogP contribution in [-0.2, 0) is 32.5 Å². The fourth-order valence-corrected chi connectivity index (χ4v) is 6.27. The molecule has 0 spiro atoms. The van der Waals surface area contributed by atoms with E-state index in [-0.39, 0.29) is 36.7 Å². The molecule has 12 nitrogen and oxygen atoms in total. The van der Waals surface area contributed by atoms with Crippen molar-refractivity contribution in [3.8, 4) is 11.3 Å². The maximum atomic E-state index is 14.0. The first-order chi connectivity index (χ1) is 21.0. The van der Waals surface area contributed by atoms with Crippen molar-refractivity contribution in [1.82, 2.24) is 30.0 Å². The average molecular weight is 631 g/mol. The van der Waals surface area contributed by atoms with E-state index in [1.54, 1.807) is 55.2 Å². The first-order valence-electron chi connectivity index (χ1n) is 13.7. The van der Waals surface area contributed by atoms with Crippen LogP contribution in [0.25, 0.3) is 11.3 Å². The van der Waals surface area contributed by atoms with Gasteiger partial charge in [0.15, 0.2) is 5.69 Å². The molecule has 16 heteroatoms. The van der Waals surface area contributed by atoms with Gasteiger partial charge in [-0.05, 0) is 49.6 Å². The summed E-state index contributed by atoms with van der Waals surface area (Å²) in [5.74, 6) is -1.32. The predicted molar refractivity (Wildman–Crippen MR) is 157 cm³/mol. The zero-order valence-electron chi connectivity index (χ0n) is 24.1. The van der Waals surface area contributed by atoms with E-state index in [1.165, 1.54) is 13.1 Å². The number of aryl methyl sites for hydroxylation is 2. The van der Waals surface area contributed by atoms with Crippen molar-refractivity contribution in [2.45, 2.75) is 39.2 Å². The normalized spacial score (nSPS) is 17.2. The number of rotatable bonds is 3. The second-order valence-electron chi connectivity index (χ2n) is 9.89. The third kappa shape index (κ3) is 7.07. The minimum absolute atomic E-state index is 0.00851. The van der Waals surface area contributed by atoms with Crippen LogP contribution in [-0.4, -0.2) is 50.9 Å². The van der Waals surface area contributed by atoms with Gasteiger partial charge in [0.1, 0.15) is 11.4 Å². The molecule has 1 unspecified atom stereocenters. The summed E-state index contributed by atoms with van der Waals surface area (Å²) in [5, 5.41) is 12.4. The lowest BCUT2D eigenvalue weighted by molar-refractivity contribution is -0.137. The largest absolute Gasteiger partial charge is 0.421 e. The number of pyridine rings is 1. The summed E-state index contributed by atoms with van der Waals surface area (Å²) in [6, 6.07) is 8.19. The van der Waals surface area contributed by atoms with Gasteiger partial charge in [-0.15, -0.1) is 0 Å². The van der Waals surface area contributed by atoms with E-state index >= 15 is 0 Å². The molecule has 0 aliphatic carbocycles. The van der Waals surface area contributed by atoms with Crippen LogP contribution in [0.1, 0.15) is 40.5 Å². The van der Waals surface area contributed by atoms with Crippen molar-refractivity contribution in [2.75, 3.05) is 30.9 Å². The Balaban J connectivity index is 1.61. The van der Waals surface area contributed by atoms with Gasteiger partial charge >= 0.3 is 13.8 Å². The number of carbonyl (C=O) groups excluding carboxylic acids is 1. The van der Waals surface area contributed by atoms with Crippen LogP contribution in [0.15, 0.2) is 48.9 Å². The quantitative estimate of drug-likeness (QED) is 0.229. The standard InChI is InChI=1S/C28H30F3N8O4P/c1-4-42-44(41)16-18-6-7-21(17(2)12-18)37-27-33-14-20(28(29,30)31)25(38-27)36-23-9-8-22(35-24(23)26(40)32-3)19-13-34-39(15-19)10-5-11-43-44/h6-9,12-15H,4-5,10-11,16H2,1-3H3,(H,32,40)(H2,33,36,37,38). The highest BCUT2D eigenvalue weighted by Crippen LogP contribution is 2.51. The van der Waals surface area contributed by atoms with Gasteiger partial charge in [0.05, 0.1) is 37.0 Å². The number of aromatic nitrogens is 5.